The van der Waals surface area contributed by atoms with Crippen molar-refractivity contribution >= 4 is 37.4 Å². The van der Waals surface area contributed by atoms with Crippen molar-refractivity contribution in [3.8, 4) is 0 Å². The second-order valence-electron chi connectivity index (χ2n) is 6.58. The first kappa shape index (κ1) is 19.1. The molecule has 0 aliphatic carbocycles. The molecule has 3 heterocycles. The highest BCUT2D eigenvalue weighted by Gasteiger charge is 2.37. The highest BCUT2D eigenvalue weighted by Crippen LogP contribution is 2.39. The van der Waals surface area contributed by atoms with Gasteiger partial charge in [-0.15, -0.1) is 11.3 Å². The summed E-state index contributed by atoms with van der Waals surface area (Å²) >= 11 is 1.29. The van der Waals surface area contributed by atoms with Gasteiger partial charge in [-0.25, -0.2) is 8.42 Å². The van der Waals surface area contributed by atoms with Crippen LogP contribution in [0.5, 0.6) is 0 Å². The normalized spacial score (nSPS) is 18.6. The molecule has 10 heteroatoms. The van der Waals surface area contributed by atoms with E-state index in [-0.39, 0.29) is 30.4 Å². The standard InChI is InChI=1S/C18H19N3O5S2/c1-10-17(11(2)26-20-10)28(23,24)21-7-8-25-13(9-21)15-12-5-3-4-6-14(12)27-16(15)18(19)22/h3-6,13H,7-9H2,1-2H3,(H2,19,22). The smallest absolute Gasteiger partial charge is 0.259 e. The molecule has 148 valence electrons. The van der Waals surface area contributed by atoms with E-state index in [1.165, 1.54) is 15.6 Å². The summed E-state index contributed by atoms with van der Waals surface area (Å²) in [5.41, 5.74) is 6.55. The van der Waals surface area contributed by atoms with Gasteiger partial charge in [0.2, 0.25) is 10.0 Å². The summed E-state index contributed by atoms with van der Waals surface area (Å²) in [6.45, 7) is 3.65. The summed E-state index contributed by atoms with van der Waals surface area (Å²) < 4.78 is 39.5. The van der Waals surface area contributed by atoms with Gasteiger partial charge in [-0.05, 0) is 25.3 Å². The number of nitrogens with two attached hydrogens (primary N) is 1. The molecule has 1 amide bonds. The molecule has 3 aromatic rings. The Morgan fingerprint density at radius 2 is 2.07 bits per heavy atom. The Hall–Kier alpha value is -2.27. The van der Waals surface area contributed by atoms with Gasteiger partial charge in [0.25, 0.3) is 5.91 Å². The Bertz CT molecular complexity index is 1150. The maximum absolute atomic E-state index is 13.2. The van der Waals surface area contributed by atoms with E-state index < -0.39 is 22.0 Å². The summed E-state index contributed by atoms with van der Waals surface area (Å²) in [4.78, 5) is 12.5. The maximum atomic E-state index is 13.2. The minimum absolute atomic E-state index is 0.0768. The second-order valence-corrected chi connectivity index (χ2v) is 9.51. The molecule has 0 radical (unpaired) electrons. The van der Waals surface area contributed by atoms with E-state index in [1.54, 1.807) is 13.8 Å². The van der Waals surface area contributed by atoms with Crippen LogP contribution >= 0.6 is 11.3 Å². The topological polar surface area (TPSA) is 116 Å². The molecule has 28 heavy (non-hydrogen) atoms. The van der Waals surface area contributed by atoms with E-state index in [1.807, 2.05) is 24.3 Å². The van der Waals surface area contributed by atoms with Crippen LogP contribution < -0.4 is 5.73 Å². The van der Waals surface area contributed by atoms with E-state index in [2.05, 4.69) is 5.16 Å². The van der Waals surface area contributed by atoms with Crippen molar-refractivity contribution < 1.29 is 22.5 Å². The number of amides is 1. The lowest BCUT2D eigenvalue weighted by molar-refractivity contribution is -0.00192. The number of hydrogen-bond acceptors (Lipinski definition) is 7. The Labute approximate surface area is 165 Å². The Balaban J connectivity index is 1.75. The first-order valence-corrected chi connectivity index (χ1v) is 10.9. The van der Waals surface area contributed by atoms with Crippen molar-refractivity contribution in [2.24, 2.45) is 5.73 Å². The van der Waals surface area contributed by atoms with Gasteiger partial charge in [0.05, 0.1) is 17.6 Å². The zero-order valence-corrected chi connectivity index (χ0v) is 17.0. The molecule has 1 unspecified atom stereocenters. The minimum atomic E-state index is -3.81. The number of aromatic nitrogens is 1. The van der Waals surface area contributed by atoms with Crippen LogP contribution in [0.4, 0.5) is 0 Å². The number of benzene rings is 1. The third kappa shape index (κ3) is 3.02. The number of hydrogen-bond donors (Lipinski definition) is 1. The van der Waals surface area contributed by atoms with Crippen LogP contribution in [0.2, 0.25) is 0 Å². The molecule has 1 saturated heterocycles. The van der Waals surface area contributed by atoms with Crippen LogP contribution in [0.1, 0.15) is 32.8 Å². The summed E-state index contributed by atoms with van der Waals surface area (Å²) in [5.74, 6) is -0.301. The number of rotatable bonds is 4. The zero-order valence-electron chi connectivity index (χ0n) is 15.3. The molecule has 2 N–H and O–H groups in total. The fourth-order valence-corrected chi connectivity index (χ4v) is 6.38. The first-order chi connectivity index (χ1) is 13.3. The fourth-order valence-electron chi connectivity index (χ4n) is 3.56. The molecular formula is C18H19N3O5S2. The van der Waals surface area contributed by atoms with Crippen LogP contribution in [-0.2, 0) is 14.8 Å². The summed E-state index contributed by atoms with van der Waals surface area (Å²) in [6, 6.07) is 7.53. The highest BCUT2D eigenvalue weighted by molar-refractivity contribution is 7.89. The van der Waals surface area contributed by atoms with E-state index in [0.717, 1.165) is 10.1 Å². The molecule has 0 bridgehead atoms. The molecular weight excluding hydrogens is 402 g/mol. The minimum Gasteiger partial charge on any atom is -0.371 e. The summed E-state index contributed by atoms with van der Waals surface area (Å²) in [6.07, 6.45) is -0.595. The molecule has 4 rings (SSSR count). The maximum Gasteiger partial charge on any atom is 0.259 e. The van der Waals surface area contributed by atoms with Crippen molar-refractivity contribution in [1.82, 2.24) is 9.46 Å². The van der Waals surface area contributed by atoms with E-state index in [9.17, 15) is 13.2 Å². The highest BCUT2D eigenvalue weighted by atomic mass is 32.2. The number of aryl methyl sites for hydroxylation is 2. The number of carbonyl (C=O) groups excluding carboxylic acids is 1. The van der Waals surface area contributed by atoms with Crippen LogP contribution in [0.3, 0.4) is 0 Å². The van der Waals surface area contributed by atoms with Gasteiger partial charge in [0.15, 0.2) is 5.76 Å². The van der Waals surface area contributed by atoms with Crippen molar-refractivity contribution in [3.05, 3.63) is 46.2 Å². The molecule has 0 spiro atoms. The predicted molar refractivity (Wildman–Crippen MR) is 104 cm³/mol. The number of sulfonamides is 1. The van der Waals surface area contributed by atoms with Gasteiger partial charge in [0, 0.05) is 23.4 Å². The third-order valence-corrected chi connectivity index (χ3v) is 8.09. The summed E-state index contributed by atoms with van der Waals surface area (Å²) in [5, 5.41) is 4.60. The lowest BCUT2D eigenvalue weighted by atomic mass is 10.0. The number of ether oxygens (including phenoxy) is 1. The van der Waals surface area contributed by atoms with Gasteiger partial charge in [-0.3, -0.25) is 4.79 Å². The molecule has 2 aromatic heterocycles. The largest absolute Gasteiger partial charge is 0.371 e. The van der Waals surface area contributed by atoms with Gasteiger partial charge < -0.3 is 15.0 Å². The Kier molecular flexibility index (Phi) is 4.74. The Morgan fingerprint density at radius 3 is 2.75 bits per heavy atom. The van der Waals surface area contributed by atoms with E-state index >= 15 is 0 Å². The number of primary amides is 1. The molecule has 8 nitrogen and oxygen atoms in total. The van der Waals surface area contributed by atoms with Gasteiger partial charge in [0.1, 0.15) is 10.6 Å². The van der Waals surface area contributed by atoms with Crippen LogP contribution in [-0.4, -0.2) is 43.5 Å². The van der Waals surface area contributed by atoms with Crippen LogP contribution in [0, 0.1) is 13.8 Å². The average molecular weight is 422 g/mol. The van der Waals surface area contributed by atoms with E-state index in [0.29, 0.717) is 16.1 Å². The van der Waals surface area contributed by atoms with Crippen molar-refractivity contribution in [3.63, 3.8) is 0 Å². The van der Waals surface area contributed by atoms with Gasteiger partial charge in [-0.2, -0.15) is 4.31 Å². The average Bonchev–Trinajstić information content (AvgIpc) is 3.22. The van der Waals surface area contributed by atoms with Crippen LogP contribution in [0.15, 0.2) is 33.7 Å². The fraction of sp³-hybridized carbons (Fsp3) is 0.333. The SMILES string of the molecule is Cc1noc(C)c1S(=O)(=O)N1CCOC(c2c(C(N)=O)sc3ccccc23)C1. The lowest BCUT2D eigenvalue weighted by Crippen LogP contribution is -2.42. The number of morpholine rings is 1. The number of carbonyl (C=O) groups is 1. The van der Waals surface area contributed by atoms with Crippen molar-refractivity contribution in [2.45, 2.75) is 24.8 Å². The molecule has 1 aliphatic rings. The van der Waals surface area contributed by atoms with Crippen molar-refractivity contribution in [2.75, 3.05) is 19.7 Å². The number of fused-ring (bicyclic) bond motifs is 1. The molecule has 0 saturated carbocycles. The van der Waals surface area contributed by atoms with Gasteiger partial charge in [-0.1, -0.05) is 23.4 Å². The monoisotopic (exact) mass is 421 g/mol. The summed E-state index contributed by atoms with van der Waals surface area (Å²) in [7, 11) is -3.81. The van der Waals surface area contributed by atoms with Crippen molar-refractivity contribution in [1.29, 1.82) is 0 Å². The van der Waals surface area contributed by atoms with E-state index in [4.69, 9.17) is 15.0 Å². The first-order valence-electron chi connectivity index (χ1n) is 8.66. The molecule has 1 fully saturated rings. The predicted octanol–water partition coefficient (Wildman–Crippen LogP) is 2.37. The number of thiophene rings is 1. The Morgan fingerprint density at radius 1 is 1.32 bits per heavy atom. The zero-order chi connectivity index (χ0) is 20.1. The quantitative estimate of drug-likeness (QED) is 0.691. The number of nitrogens with zero attached hydrogens (tertiary/aromatic N) is 2. The molecule has 1 atom stereocenters. The molecule has 1 aliphatic heterocycles. The second kappa shape index (κ2) is 6.96. The third-order valence-electron chi connectivity index (χ3n) is 4.77. The molecule has 1 aromatic carbocycles. The lowest BCUT2D eigenvalue weighted by Gasteiger charge is -2.32. The van der Waals surface area contributed by atoms with Crippen LogP contribution in [0.25, 0.3) is 10.1 Å². The van der Waals surface area contributed by atoms with Gasteiger partial charge >= 0.3 is 0 Å².